The highest BCUT2D eigenvalue weighted by Crippen LogP contribution is 2.26. The molecule has 0 amide bonds. The number of amidine groups is 1. The molecule has 20 heavy (non-hydrogen) atoms. The van der Waals surface area contributed by atoms with Crippen molar-refractivity contribution in [1.82, 2.24) is 0 Å². The number of halogens is 2. The van der Waals surface area contributed by atoms with Crippen molar-refractivity contribution < 1.29 is 0 Å². The maximum Gasteiger partial charge on any atom is 0.124 e. The average molecular weight is 397 g/mol. The van der Waals surface area contributed by atoms with Gasteiger partial charge in [0.25, 0.3) is 0 Å². The van der Waals surface area contributed by atoms with Crippen LogP contribution in [0.2, 0.25) is 0 Å². The first-order valence-electron chi connectivity index (χ1n) is 6.07. The van der Waals surface area contributed by atoms with Crippen LogP contribution in [-0.4, -0.2) is 12.9 Å². The van der Waals surface area contributed by atoms with Crippen LogP contribution in [0.25, 0.3) is 0 Å². The number of nitrogens with zero attached hydrogens (tertiary/aromatic N) is 1. The smallest absolute Gasteiger partial charge is 0.124 e. The van der Waals surface area contributed by atoms with Crippen LogP contribution >= 0.6 is 31.9 Å². The highest BCUT2D eigenvalue weighted by atomic mass is 79.9. The summed E-state index contributed by atoms with van der Waals surface area (Å²) in [5.41, 5.74) is 8.53. The highest BCUT2D eigenvalue weighted by Gasteiger charge is 2.11. The third-order valence-electron chi connectivity index (χ3n) is 3.03. The molecule has 2 aromatic rings. The Morgan fingerprint density at radius 3 is 2.55 bits per heavy atom. The lowest BCUT2D eigenvalue weighted by atomic mass is 10.1. The van der Waals surface area contributed by atoms with Crippen molar-refractivity contribution >= 4 is 43.4 Å². The SMILES string of the molecule is CN(Cc1ccccc1Br)c1ccc(Br)cc1C(=N)N. The minimum absolute atomic E-state index is 0.0697. The second kappa shape index (κ2) is 6.41. The van der Waals surface area contributed by atoms with Gasteiger partial charge in [0.05, 0.1) is 0 Å². The van der Waals surface area contributed by atoms with Gasteiger partial charge in [0.2, 0.25) is 0 Å². The molecule has 0 atom stereocenters. The molecule has 0 aliphatic rings. The molecule has 104 valence electrons. The van der Waals surface area contributed by atoms with Crippen LogP contribution in [-0.2, 0) is 6.54 Å². The molecule has 0 aromatic heterocycles. The Morgan fingerprint density at radius 1 is 1.20 bits per heavy atom. The molecule has 0 radical (unpaired) electrons. The van der Waals surface area contributed by atoms with Crippen LogP contribution in [0, 0.1) is 5.41 Å². The van der Waals surface area contributed by atoms with Crippen molar-refractivity contribution in [3.05, 3.63) is 62.5 Å². The van der Waals surface area contributed by atoms with Gasteiger partial charge in [-0.05, 0) is 29.8 Å². The van der Waals surface area contributed by atoms with Gasteiger partial charge in [0, 0.05) is 33.8 Å². The quantitative estimate of drug-likeness (QED) is 0.602. The van der Waals surface area contributed by atoms with Crippen molar-refractivity contribution in [1.29, 1.82) is 5.41 Å². The fourth-order valence-corrected chi connectivity index (χ4v) is 2.80. The maximum atomic E-state index is 7.71. The predicted molar refractivity (Wildman–Crippen MR) is 91.4 cm³/mol. The molecule has 0 bridgehead atoms. The van der Waals surface area contributed by atoms with E-state index in [2.05, 4.69) is 42.8 Å². The van der Waals surface area contributed by atoms with E-state index < -0.39 is 0 Å². The van der Waals surface area contributed by atoms with Crippen LogP contribution in [0.1, 0.15) is 11.1 Å². The molecule has 3 nitrogen and oxygen atoms in total. The summed E-state index contributed by atoms with van der Waals surface area (Å²) < 4.78 is 1.99. The van der Waals surface area contributed by atoms with E-state index in [-0.39, 0.29) is 5.84 Å². The van der Waals surface area contributed by atoms with E-state index in [1.54, 1.807) is 0 Å². The maximum absolute atomic E-state index is 7.71. The number of nitrogens with two attached hydrogens (primary N) is 1. The number of anilines is 1. The first-order chi connectivity index (χ1) is 9.49. The van der Waals surface area contributed by atoms with Crippen LogP contribution in [0.5, 0.6) is 0 Å². The summed E-state index contributed by atoms with van der Waals surface area (Å²) >= 11 is 6.97. The van der Waals surface area contributed by atoms with Gasteiger partial charge in [-0.1, -0.05) is 50.1 Å². The summed E-state index contributed by atoms with van der Waals surface area (Å²) in [6.45, 7) is 0.739. The molecule has 0 spiro atoms. The molecule has 0 fully saturated rings. The fourth-order valence-electron chi connectivity index (χ4n) is 2.02. The molecule has 5 heteroatoms. The Bertz CT molecular complexity index is 641. The van der Waals surface area contributed by atoms with Gasteiger partial charge in [-0.25, -0.2) is 0 Å². The molecule has 0 aliphatic carbocycles. The van der Waals surface area contributed by atoms with Crippen molar-refractivity contribution in [2.45, 2.75) is 6.54 Å². The molecule has 3 N–H and O–H groups in total. The third kappa shape index (κ3) is 3.41. The molecular weight excluding hydrogens is 382 g/mol. The van der Waals surface area contributed by atoms with E-state index in [4.69, 9.17) is 11.1 Å². The summed E-state index contributed by atoms with van der Waals surface area (Å²) in [5.74, 6) is 0.0697. The Kier molecular flexibility index (Phi) is 4.83. The van der Waals surface area contributed by atoms with Gasteiger partial charge in [-0.15, -0.1) is 0 Å². The lowest BCUT2D eigenvalue weighted by Crippen LogP contribution is -2.22. The minimum atomic E-state index is 0.0697. The summed E-state index contributed by atoms with van der Waals surface area (Å²) in [4.78, 5) is 2.09. The number of hydrogen-bond acceptors (Lipinski definition) is 2. The molecule has 0 saturated heterocycles. The van der Waals surface area contributed by atoms with Gasteiger partial charge in [-0.2, -0.15) is 0 Å². The largest absolute Gasteiger partial charge is 0.384 e. The second-order valence-electron chi connectivity index (χ2n) is 4.52. The summed E-state index contributed by atoms with van der Waals surface area (Å²) in [5, 5.41) is 7.71. The summed E-state index contributed by atoms with van der Waals surface area (Å²) in [7, 11) is 2.00. The Balaban J connectivity index is 2.32. The Labute approximate surface area is 135 Å². The molecular formula is C15H15Br2N3. The first-order valence-corrected chi connectivity index (χ1v) is 7.66. The predicted octanol–water partition coefficient (Wildman–Crippen LogP) is 4.13. The van der Waals surface area contributed by atoms with E-state index in [0.29, 0.717) is 0 Å². The van der Waals surface area contributed by atoms with Crippen LogP contribution < -0.4 is 10.6 Å². The molecule has 0 heterocycles. The molecule has 0 unspecified atom stereocenters. The van der Waals surface area contributed by atoms with Crippen LogP contribution in [0.4, 0.5) is 5.69 Å². The fraction of sp³-hybridized carbons (Fsp3) is 0.133. The second-order valence-corrected chi connectivity index (χ2v) is 6.29. The highest BCUT2D eigenvalue weighted by molar-refractivity contribution is 9.10. The lowest BCUT2D eigenvalue weighted by Gasteiger charge is -2.23. The topological polar surface area (TPSA) is 53.1 Å². The monoisotopic (exact) mass is 395 g/mol. The van der Waals surface area contributed by atoms with Crippen molar-refractivity contribution in [2.24, 2.45) is 5.73 Å². The van der Waals surface area contributed by atoms with E-state index in [1.807, 2.05) is 43.4 Å². The van der Waals surface area contributed by atoms with Gasteiger partial charge < -0.3 is 10.6 Å². The van der Waals surface area contributed by atoms with Crippen molar-refractivity contribution in [3.8, 4) is 0 Å². The van der Waals surface area contributed by atoms with Crippen LogP contribution in [0.15, 0.2) is 51.4 Å². The van der Waals surface area contributed by atoms with E-state index in [9.17, 15) is 0 Å². The molecule has 2 aromatic carbocycles. The Hall–Kier alpha value is -1.33. The van der Waals surface area contributed by atoms with Gasteiger partial charge >= 0.3 is 0 Å². The summed E-state index contributed by atoms with van der Waals surface area (Å²) in [6, 6.07) is 13.9. The molecule has 0 aliphatic heterocycles. The number of benzene rings is 2. The van der Waals surface area contributed by atoms with Crippen molar-refractivity contribution in [3.63, 3.8) is 0 Å². The molecule has 2 rings (SSSR count). The number of rotatable bonds is 4. The average Bonchev–Trinajstić information content (AvgIpc) is 2.41. The lowest BCUT2D eigenvalue weighted by molar-refractivity contribution is 0.916. The minimum Gasteiger partial charge on any atom is -0.384 e. The summed E-state index contributed by atoms with van der Waals surface area (Å²) in [6.07, 6.45) is 0. The molecule has 0 saturated carbocycles. The number of nitrogen functional groups attached to an aromatic ring is 1. The normalized spacial score (nSPS) is 10.3. The first kappa shape index (κ1) is 15.1. The third-order valence-corrected chi connectivity index (χ3v) is 4.29. The van der Waals surface area contributed by atoms with E-state index >= 15 is 0 Å². The van der Waals surface area contributed by atoms with E-state index in [0.717, 1.165) is 26.7 Å². The van der Waals surface area contributed by atoms with E-state index in [1.165, 1.54) is 5.56 Å². The Morgan fingerprint density at radius 2 is 1.90 bits per heavy atom. The number of nitrogens with one attached hydrogen (secondary N) is 1. The van der Waals surface area contributed by atoms with Gasteiger partial charge in [-0.3, -0.25) is 5.41 Å². The van der Waals surface area contributed by atoms with Gasteiger partial charge in [0.1, 0.15) is 5.84 Å². The van der Waals surface area contributed by atoms with Crippen LogP contribution in [0.3, 0.4) is 0 Å². The zero-order chi connectivity index (χ0) is 14.7. The van der Waals surface area contributed by atoms with Gasteiger partial charge in [0.15, 0.2) is 0 Å². The standard InChI is InChI=1S/C15H15Br2N3/c1-20(9-10-4-2-3-5-13(10)17)14-7-6-11(16)8-12(14)15(18)19/h2-8H,9H2,1H3,(H3,18,19). The zero-order valence-corrected chi connectivity index (χ0v) is 14.2. The van der Waals surface area contributed by atoms with Crippen molar-refractivity contribution in [2.75, 3.05) is 11.9 Å². The zero-order valence-electron chi connectivity index (χ0n) is 11.0. The number of hydrogen-bond donors (Lipinski definition) is 2.